The van der Waals surface area contributed by atoms with Crippen LogP contribution in [0.3, 0.4) is 0 Å². The van der Waals surface area contributed by atoms with Crippen molar-refractivity contribution in [2.24, 2.45) is 10.9 Å². The third-order valence-electron chi connectivity index (χ3n) is 2.69. The van der Waals surface area contributed by atoms with E-state index in [1.165, 1.54) is 12.1 Å². The van der Waals surface area contributed by atoms with Gasteiger partial charge in [-0.15, -0.1) is 0 Å². The van der Waals surface area contributed by atoms with Crippen molar-refractivity contribution in [2.45, 2.75) is 17.4 Å². The molecule has 0 saturated heterocycles. The molecule has 0 amide bonds. The lowest BCUT2D eigenvalue weighted by Gasteiger charge is -2.04. The molecule has 0 spiro atoms. The Kier molecular flexibility index (Phi) is 6.71. The smallest absolute Gasteiger partial charge is 0.320 e. The number of carboxylic acid groups (broad SMARTS) is 1. The Balaban J connectivity index is 0.000000224. The lowest BCUT2D eigenvalue weighted by Crippen LogP contribution is -2.32. The van der Waals surface area contributed by atoms with E-state index in [-0.39, 0.29) is 4.90 Å². The molecule has 22 heavy (non-hydrogen) atoms. The van der Waals surface area contributed by atoms with Gasteiger partial charge in [0.1, 0.15) is 6.04 Å². The molecule has 0 saturated carbocycles. The number of carboxylic acids is 1. The molecule has 0 heterocycles. The highest BCUT2D eigenvalue weighted by Gasteiger charge is 2.10. The highest BCUT2D eigenvalue weighted by molar-refractivity contribution is 7.89. The van der Waals surface area contributed by atoms with Crippen LogP contribution >= 0.6 is 0 Å². The van der Waals surface area contributed by atoms with Crippen molar-refractivity contribution in [3.05, 3.63) is 66.2 Å². The first kappa shape index (κ1) is 17.8. The highest BCUT2D eigenvalue weighted by Crippen LogP contribution is 2.03. The number of hydrogen-bond acceptors (Lipinski definition) is 4. The zero-order valence-electron chi connectivity index (χ0n) is 11.8. The van der Waals surface area contributed by atoms with E-state index in [0.29, 0.717) is 6.42 Å². The molecule has 2 rings (SSSR count). The number of nitrogens with two attached hydrogens (primary N) is 2. The zero-order chi connectivity index (χ0) is 16.6. The van der Waals surface area contributed by atoms with Gasteiger partial charge in [-0.25, -0.2) is 13.6 Å². The molecule has 2 aromatic rings. The van der Waals surface area contributed by atoms with Crippen LogP contribution in [0, 0.1) is 0 Å². The van der Waals surface area contributed by atoms with Crippen molar-refractivity contribution in [3.63, 3.8) is 0 Å². The molecule has 0 radical (unpaired) electrons. The summed E-state index contributed by atoms with van der Waals surface area (Å²) in [5.74, 6) is -0.959. The predicted octanol–water partition coefficient (Wildman–Crippen LogP) is 0.975. The van der Waals surface area contributed by atoms with Crippen LogP contribution in [0.1, 0.15) is 5.56 Å². The van der Waals surface area contributed by atoms with E-state index >= 15 is 0 Å². The van der Waals surface area contributed by atoms with Crippen LogP contribution in [0.5, 0.6) is 0 Å². The minimum atomic E-state index is -3.50. The van der Waals surface area contributed by atoms with Crippen molar-refractivity contribution in [3.8, 4) is 0 Å². The standard InChI is InChI=1S/C9H11NO2.C6H7NO2S/c10-8(9(11)12)6-7-4-2-1-3-5-7;7-10(8,9)6-4-2-1-3-5-6/h1-5,8H,6,10H2,(H,11,12);1-5H,(H2,7,8,9)/t8-;/m0./s1. The normalized spacial score (nSPS) is 11.9. The van der Waals surface area contributed by atoms with Gasteiger partial charge in [-0.05, 0) is 24.1 Å². The molecule has 118 valence electrons. The second-order valence-electron chi connectivity index (χ2n) is 4.49. The fraction of sp³-hybridized carbons (Fsp3) is 0.133. The van der Waals surface area contributed by atoms with Gasteiger partial charge in [0.25, 0.3) is 0 Å². The predicted molar refractivity (Wildman–Crippen MR) is 83.6 cm³/mol. The first-order valence-electron chi connectivity index (χ1n) is 6.41. The maximum absolute atomic E-state index is 10.6. The van der Waals surface area contributed by atoms with Crippen LogP contribution in [0.2, 0.25) is 0 Å². The summed E-state index contributed by atoms with van der Waals surface area (Å²) in [6.45, 7) is 0. The maximum atomic E-state index is 10.6. The van der Waals surface area contributed by atoms with Crippen molar-refractivity contribution in [1.29, 1.82) is 0 Å². The van der Waals surface area contributed by atoms with Gasteiger partial charge in [0.15, 0.2) is 0 Å². The molecule has 0 aliphatic carbocycles. The number of hydrogen-bond donors (Lipinski definition) is 3. The molecule has 6 nitrogen and oxygen atoms in total. The zero-order valence-corrected chi connectivity index (χ0v) is 12.6. The molecule has 5 N–H and O–H groups in total. The Labute approximate surface area is 129 Å². The summed E-state index contributed by atoms with van der Waals surface area (Å²) in [4.78, 5) is 10.5. The second-order valence-corrected chi connectivity index (χ2v) is 6.05. The molecule has 0 aliphatic rings. The third-order valence-corrected chi connectivity index (χ3v) is 3.62. The van der Waals surface area contributed by atoms with E-state index in [9.17, 15) is 13.2 Å². The molecule has 0 fully saturated rings. The highest BCUT2D eigenvalue weighted by atomic mass is 32.2. The summed E-state index contributed by atoms with van der Waals surface area (Å²) >= 11 is 0. The Morgan fingerprint density at radius 3 is 1.82 bits per heavy atom. The van der Waals surface area contributed by atoms with E-state index in [4.69, 9.17) is 16.0 Å². The van der Waals surface area contributed by atoms with Crippen LogP contribution in [-0.2, 0) is 21.2 Å². The van der Waals surface area contributed by atoms with Gasteiger partial charge in [0.05, 0.1) is 4.90 Å². The molecule has 0 aliphatic heterocycles. The minimum Gasteiger partial charge on any atom is -0.480 e. The Hall–Kier alpha value is -2.22. The topological polar surface area (TPSA) is 123 Å². The summed E-state index contributed by atoms with van der Waals surface area (Å²) in [7, 11) is -3.50. The first-order chi connectivity index (χ1) is 10.3. The van der Waals surface area contributed by atoms with Gasteiger partial charge in [0, 0.05) is 0 Å². The molecule has 0 unspecified atom stereocenters. The Morgan fingerprint density at radius 2 is 1.45 bits per heavy atom. The maximum Gasteiger partial charge on any atom is 0.320 e. The summed E-state index contributed by atoms with van der Waals surface area (Å²) in [5, 5.41) is 13.3. The molecule has 7 heteroatoms. The Morgan fingerprint density at radius 1 is 1.00 bits per heavy atom. The van der Waals surface area contributed by atoms with Gasteiger partial charge >= 0.3 is 5.97 Å². The summed E-state index contributed by atoms with van der Waals surface area (Å²) < 4.78 is 21.2. The molecular weight excluding hydrogens is 304 g/mol. The fourth-order valence-corrected chi connectivity index (χ4v) is 2.10. The van der Waals surface area contributed by atoms with Crippen molar-refractivity contribution < 1.29 is 18.3 Å². The van der Waals surface area contributed by atoms with Crippen molar-refractivity contribution in [2.75, 3.05) is 0 Å². The number of benzene rings is 2. The van der Waals surface area contributed by atoms with Gasteiger partial charge in [-0.1, -0.05) is 48.5 Å². The van der Waals surface area contributed by atoms with E-state index in [1.54, 1.807) is 18.2 Å². The number of aliphatic carboxylic acids is 1. The van der Waals surface area contributed by atoms with E-state index in [2.05, 4.69) is 0 Å². The van der Waals surface area contributed by atoms with Gasteiger partial charge in [0.2, 0.25) is 10.0 Å². The average Bonchev–Trinajstić information content (AvgIpc) is 2.49. The third kappa shape index (κ3) is 6.49. The number of sulfonamides is 1. The van der Waals surface area contributed by atoms with Crippen LogP contribution in [-0.4, -0.2) is 25.5 Å². The molecular formula is C15H18N2O4S. The summed E-state index contributed by atoms with van der Waals surface area (Å²) in [5.41, 5.74) is 6.30. The quantitative estimate of drug-likeness (QED) is 0.774. The number of carbonyl (C=O) groups is 1. The van der Waals surface area contributed by atoms with Crippen LogP contribution in [0.25, 0.3) is 0 Å². The summed E-state index contributed by atoms with van der Waals surface area (Å²) in [6, 6.07) is 16.4. The number of primary sulfonamides is 1. The lowest BCUT2D eigenvalue weighted by atomic mass is 10.1. The average molecular weight is 322 g/mol. The van der Waals surface area contributed by atoms with Crippen LogP contribution < -0.4 is 10.9 Å². The molecule has 2 aromatic carbocycles. The fourth-order valence-electron chi connectivity index (χ4n) is 1.57. The lowest BCUT2D eigenvalue weighted by molar-refractivity contribution is -0.138. The van der Waals surface area contributed by atoms with Gasteiger partial charge in [-0.2, -0.15) is 0 Å². The number of rotatable bonds is 4. The monoisotopic (exact) mass is 322 g/mol. The Bertz CT molecular complexity index is 688. The SMILES string of the molecule is NS(=O)(=O)c1ccccc1.N[C@@H](Cc1ccccc1)C(=O)O. The summed E-state index contributed by atoms with van der Waals surface area (Å²) in [6.07, 6.45) is 0.385. The van der Waals surface area contributed by atoms with E-state index in [0.717, 1.165) is 5.56 Å². The van der Waals surface area contributed by atoms with Gasteiger partial charge < -0.3 is 10.8 Å². The molecule has 0 bridgehead atoms. The van der Waals surface area contributed by atoms with Crippen LogP contribution in [0.4, 0.5) is 0 Å². The second kappa shape index (κ2) is 8.28. The van der Waals surface area contributed by atoms with E-state index in [1.807, 2.05) is 30.3 Å². The van der Waals surface area contributed by atoms with Gasteiger partial charge in [-0.3, -0.25) is 4.79 Å². The molecule has 0 aromatic heterocycles. The first-order valence-corrected chi connectivity index (χ1v) is 7.95. The van der Waals surface area contributed by atoms with Crippen LogP contribution in [0.15, 0.2) is 65.6 Å². The molecule has 1 atom stereocenters. The van der Waals surface area contributed by atoms with Crippen molar-refractivity contribution >= 4 is 16.0 Å². The van der Waals surface area contributed by atoms with Crippen molar-refractivity contribution in [1.82, 2.24) is 0 Å². The minimum absolute atomic E-state index is 0.148. The largest absolute Gasteiger partial charge is 0.480 e. The van der Waals surface area contributed by atoms with E-state index < -0.39 is 22.0 Å².